The first kappa shape index (κ1) is 17.5. The lowest BCUT2D eigenvalue weighted by Crippen LogP contribution is -2.50. The molecule has 7 heteroatoms. The summed E-state index contributed by atoms with van der Waals surface area (Å²) in [4.78, 5) is 16.3. The zero-order chi connectivity index (χ0) is 19.0. The summed E-state index contributed by atoms with van der Waals surface area (Å²) in [6, 6.07) is 9.11. The number of hydrogen-bond donors (Lipinski definition) is 2. The molecule has 0 unspecified atom stereocenters. The summed E-state index contributed by atoms with van der Waals surface area (Å²) in [6.07, 6.45) is 1.70. The summed E-state index contributed by atoms with van der Waals surface area (Å²) in [5, 5.41) is 10.7. The van der Waals surface area contributed by atoms with Gasteiger partial charge >= 0.3 is 0 Å². The zero-order valence-electron chi connectivity index (χ0n) is 14.9. The SMILES string of the molecule is Cc1oc2ccc(OCc3ccccn3)c(C3(CO)COC3)c2c1C(N)=O. The van der Waals surface area contributed by atoms with Crippen molar-refractivity contribution in [2.45, 2.75) is 18.9 Å². The normalized spacial score (nSPS) is 15.5. The third kappa shape index (κ3) is 2.85. The Morgan fingerprint density at radius 3 is 2.74 bits per heavy atom. The van der Waals surface area contributed by atoms with Crippen LogP contribution in [-0.2, 0) is 16.8 Å². The van der Waals surface area contributed by atoms with Crippen LogP contribution >= 0.6 is 0 Å². The van der Waals surface area contributed by atoms with Gasteiger partial charge in [-0.2, -0.15) is 0 Å². The van der Waals surface area contributed by atoms with Gasteiger partial charge in [0.1, 0.15) is 23.7 Å². The topological polar surface area (TPSA) is 108 Å². The molecule has 1 aromatic carbocycles. The smallest absolute Gasteiger partial charge is 0.252 e. The molecule has 0 bridgehead atoms. The van der Waals surface area contributed by atoms with Crippen molar-refractivity contribution < 1.29 is 23.8 Å². The molecule has 1 amide bonds. The number of hydrogen-bond acceptors (Lipinski definition) is 6. The molecule has 0 aliphatic carbocycles. The maximum atomic E-state index is 12.1. The van der Waals surface area contributed by atoms with Crippen LogP contribution in [0.2, 0.25) is 0 Å². The van der Waals surface area contributed by atoms with E-state index in [1.54, 1.807) is 25.3 Å². The van der Waals surface area contributed by atoms with E-state index >= 15 is 0 Å². The lowest BCUT2D eigenvalue weighted by atomic mass is 9.76. The highest BCUT2D eigenvalue weighted by Crippen LogP contribution is 2.45. The zero-order valence-corrected chi connectivity index (χ0v) is 14.9. The predicted octanol–water partition coefficient (Wildman–Crippen LogP) is 2.07. The van der Waals surface area contributed by atoms with Gasteiger partial charge in [-0.3, -0.25) is 9.78 Å². The van der Waals surface area contributed by atoms with Crippen LogP contribution in [0.3, 0.4) is 0 Å². The van der Waals surface area contributed by atoms with Gasteiger partial charge in [0.05, 0.1) is 36.5 Å². The number of nitrogens with zero attached hydrogens (tertiary/aromatic N) is 1. The largest absolute Gasteiger partial charge is 0.487 e. The number of aliphatic hydroxyl groups excluding tert-OH is 1. The van der Waals surface area contributed by atoms with Gasteiger partial charge in [0, 0.05) is 17.1 Å². The Balaban J connectivity index is 1.88. The fraction of sp³-hybridized carbons (Fsp3) is 0.300. The number of ether oxygens (including phenoxy) is 2. The number of rotatable bonds is 6. The molecule has 140 valence electrons. The number of aliphatic hydroxyl groups is 1. The van der Waals surface area contributed by atoms with Crippen molar-refractivity contribution in [2.75, 3.05) is 19.8 Å². The van der Waals surface area contributed by atoms with E-state index in [9.17, 15) is 9.90 Å². The minimum absolute atomic E-state index is 0.144. The Kier molecular flexibility index (Phi) is 4.33. The van der Waals surface area contributed by atoms with Gasteiger partial charge in [0.15, 0.2) is 0 Å². The lowest BCUT2D eigenvalue weighted by Gasteiger charge is -2.41. The number of primary amides is 1. The maximum absolute atomic E-state index is 12.1. The van der Waals surface area contributed by atoms with Gasteiger partial charge in [0.2, 0.25) is 0 Å². The maximum Gasteiger partial charge on any atom is 0.252 e. The van der Waals surface area contributed by atoms with Gasteiger partial charge in [-0.05, 0) is 31.2 Å². The fourth-order valence-electron chi connectivity index (χ4n) is 3.53. The summed E-state index contributed by atoms with van der Waals surface area (Å²) in [5.41, 5.74) is 7.24. The number of furan rings is 1. The number of fused-ring (bicyclic) bond motifs is 1. The van der Waals surface area contributed by atoms with E-state index in [1.807, 2.05) is 18.2 Å². The van der Waals surface area contributed by atoms with Crippen molar-refractivity contribution in [1.29, 1.82) is 0 Å². The van der Waals surface area contributed by atoms with Crippen LogP contribution in [0.15, 0.2) is 40.9 Å². The fourth-order valence-corrected chi connectivity index (χ4v) is 3.53. The molecule has 1 saturated heterocycles. The second-order valence-electron chi connectivity index (χ2n) is 6.75. The number of carbonyl (C=O) groups excluding carboxylic acids is 1. The standard InChI is InChI=1S/C20H20N2O5/c1-12-16(19(21)24)17-14(27-12)5-6-15(18(17)20(9-23)10-25-11-20)26-8-13-4-2-3-7-22-13/h2-7,23H,8-11H2,1H3,(H2,21,24). The van der Waals surface area contributed by atoms with E-state index in [2.05, 4.69) is 4.98 Å². The van der Waals surface area contributed by atoms with Crippen molar-refractivity contribution in [2.24, 2.45) is 5.73 Å². The highest BCUT2D eigenvalue weighted by atomic mass is 16.5. The van der Waals surface area contributed by atoms with Gasteiger partial charge in [-0.1, -0.05) is 6.07 Å². The first-order valence-corrected chi connectivity index (χ1v) is 8.63. The van der Waals surface area contributed by atoms with Gasteiger partial charge < -0.3 is 24.7 Å². The third-order valence-electron chi connectivity index (χ3n) is 4.93. The number of carbonyl (C=O) groups is 1. The summed E-state index contributed by atoms with van der Waals surface area (Å²) in [6.45, 7) is 2.45. The van der Waals surface area contributed by atoms with E-state index in [1.165, 1.54) is 0 Å². The van der Waals surface area contributed by atoms with Crippen LogP contribution in [0.1, 0.15) is 27.4 Å². The molecular weight excluding hydrogens is 348 g/mol. The molecule has 0 radical (unpaired) electrons. The van der Waals surface area contributed by atoms with E-state index in [0.29, 0.717) is 46.8 Å². The van der Waals surface area contributed by atoms with Crippen LogP contribution in [0.4, 0.5) is 0 Å². The molecule has 1 aliphatic rings. The average molecular weight is 368 g/mol. The molecule has 7 nitrogen and oxygen atoms in total. The highest BCUT2D eigenvalue weighted by Gasteiger charge is 2.44. The average Bonchev–Trinajstić information content (AvgIpc) is 2.97. The molecule has 1 aliphatic heterocycles. The number of amides is 1. The molecule has 3 heterocycles. The monoisotopic (exact) mass is 368 g/mol. The first-order chi connectivity index (χ1) is 13.1. The number of benzene rings is 1. The van der Waals surface area contributed by atoms with Crippen LogP contribution in [-0.4, -0.2) is 35.8 Å². The minimum atomic E-state index is -0.667. The summed E-state index contributed by atoms with van der Waals surface area (Å²) in [5.74, 6) is 0.408. The van der Waals surface area contributed by atoms with Crippen molar-refractivity contribution in [3.05, 3.63) is 59.1 Å². The molecule has 3 N–H and O–H groups in total. The Labute approximate surface area is 155 Å². The Bertz CT molecular complexity index is 987. The molecule has 0 spiro atoms. The molecule has 1 fully saturated rings. The molecule has 3 aromatic rings. The second-order valence-corrected chi connectivity index (χ2v) is 6.75. The molecule has 4 rings (SSSR count). The van der Waals surface area contributed by atoms with Crippen LogP contribution in [0, 0.1) is 6.92 Å². The summed E-state index contributed by atoms with van der Waals surface area (Å²) in [7, 11) is 0. The molecule has 2 aromatic heterocycles. The van der Waals surface area contributed by atoms with Gasteiger partial charge in [-0.15, -0.1) is 0 Å². The van der Waals surface area contributed by atoms with Crippen LogP contribution < -0.4 is 10.5 Å². The van der Waals surface area contributed by atoms with E-state index in [4.69, 9.17) is 19.6 Å². The molecule has 0 saturated carbocycles. The van der Waals surface area contributed by atoms with Gasteiger partial charge in [0.25, 0.3) is 5.91 Å². The van der Waals surface area contributed by atoms with Crippen molar-refractivity contribution in [3.63, 3.8) is 0 Å². The Hall–Kier alpha value is -2.90. The Morgan fingerprint density at radius 1 is 1.33 bits per heavy atom. The first-order valence-electron chi connectivity index (χ1n) is 8.63. The Morgan fingerprint density at radius 2 is 2.15 bits per heavy atom. The highest BCUT2D eigenvalue weighted by molar-refractivity contribution is 6.08. The predicted molar refractivity (Wildman–Crippen MR) is 97.6 cm³/mol. The molecule has 27 heavy (non-hydrogen) atoms. The lowest BCUT2D eigenvalue weighted by molar-refractivity contribution is -0.0844. The molecular formula is C20H20N2O5. The van der Waals surface area contributed by atoms with Crippen molar-refractivity contribution in [1.82, 2.24) is 4.98 Å². The van der Waals surface area contributed by atoms with E-state index in [-0.39, 0.29) is 13.2 Å². The van der Waals surface area contributed by atoms with Crippen LogP contribution in [0.5, 0.6) is 5.75 Å². The number of aryl methyl sites for hydroxylation is 1. The van der Waals surface area contributed by atoms with Crippen molar-refractivity contribution >= 4 is 16.9 Å². The summed E-state index contributed by atoms with van der Waals surface area (Å²) < 4.78 is 17.2. The molecule has 0 atom stereocenters. The van der Waals surface area contributed by atoms with E-state index < -0.39 is 11.3 Å². The number of pyridine rings is 1. The number of aromatic nitrogens is 1. The van der Waals surface area contributed by atoms with Crippen molar-refractivity contribution in [3.8, 4) is 5.75 Å². The third-order valence-corrected chi connectivity index (χ3v) is 4.93. The minimum Gasteiger partial charge on any atom is -0.487 e. The number of nitrogens with two attached hydrogens (primary N) is 1. The van der Waals surface area contributed by atoms with Crippen LogP contribution in [0.25, 0.3) is 11.0 Å². The quantitative estimate of drug-likeness (QED) is 0.690. The summed E-state index contributed by atoms with van der Waals surface area (Å²) >= 11 is 0. The van der Waals surface area contributed by atoms with E-state index in [0.717, 1.165) is 5.69 Å². The van der Waals surface area contributed by atoms with Gasteiger partial charge in [-0.25, -0.2) is 0 Å². The second kappa shape index (κ2) is 6.68.